The number of hydrogen-bond donors (Lipinski definition) is 0. The molecule has 5 nitrogen and oxygen atoms in total. The number of carbonyl (C=O) groups excluding carboxylic acids is 1. The molecule has 0 aromatic heterocycles. The van der Waals surface area contributed by atoms with Crippen LogP contribution in [0.25, 0.3) is 0 Å². The lowest BCUT2D eigenvalue weighted by molar-refractivity contribution is -0.386. The third kappa shape index (κ3) is 2.54. The van der Waals surface area contributed by atoms with E-state index in [2.05, 4.69) is 36.6 Å². The lowest BCUT2D eigenvalue weighted by Gasteiger charge is -2.03. The lowest BCUT2D eigenvalue weighted by Crippen LogP contribution is -2.06. The Balaban J connectivity index is 3.46. The van der Waals surface area contributed by atoms with Crippen molar-refractivity contribution in [3.63, 3.8) is 0 Å². The number of methoxy groups -OCH3 is 1. The van der Waals surface area contributed by atoms with Gasteiger partial charge in [-0.15, -0.1) is 0 Å². The van der Waals surface area contributed by atoms with E-state index < -0.39 is 10.9 Å². The molecule has 0 amide bonds. The SMILES string of the molecule is COC(=O)c1cc(Br)cc(Br)c1[N+](=O)[O-]. The van der Waals surface area contributed by atoms with Gasteiger partial charge in [-0.1, -0.05) is 15.9 Å². The molecule has 0 bridgehead atoms. The number of nitrogens with zero attached hydrogens (tertiary/aromatic N) is 1. The lowest BCUT2D eigenvalue weighted by atomic mass is 10.2. The summed E-state index contributed by atoms with van der Waals surface area (Å²) < 4.78 is 5.23. The third-order valence-electron chi connectivity index (χ3n) is 1.62. The number of esters is 1. The number of rotatable bonds is 2. The predicted octanol–water partition coefficient (Wildman–Crippen LogP) is 2.91. The van der Waals surface area contributed by atoms with Crippen molar-refractivity contribution in [1.82, 2.24) is 0 Å². The topological polar surface area (TPSA) is 69.4 Å². The maximum absolute atomic E-state index is 11.3. The monoisotopic (exact) mass is 337 g/mol. The fraction of sp³-hybridized carbons (Fsp3) is 0.125. The smallest absolute Gasteiger partial charge is 0.344 e. The van der Waals surface area contributed by atoms with Crippen LogP contribution in [-0.2, 0) is 4.74 Å². The summed E-state index contributed by atoms with van der Waals surface area (Å²) in [4.78, 5) is 21.4. The van der Waals surface area contributed by atoms with Crippen LogP contribution in [0.5, 0.6) is 0 Å². The van der Waals surface area contributed by atoms with E-state index in [1.165, 1.54) is 19.2 Å². The van der Waals surface area contributed by atoms with Crippen molar-refractivity contribution in [2.45, 2.75) is 0 Å². The first-order chi connectivity index (χ1) is 6.97. The summed E-state index contributed by atoms with van der Waals surface area (Å²) in [5.41, 5.74) is -0.395. The van der Waals surface area contributed by atoms with Gasteiger partial charge in [-0.05, 0) is 28.1 Å². The van der Waals surface area contributed by atoms with Crippen molar-refractivity contribution in [2.24, 2.45) is 0 Å². The van der Waals surface area contributed by atoms with Crippen molar-refractivity contribution >= 4 is 43.5 Å². The first-order valence-electron chi connectivity index (χ1n) is 3.69. The van der Waals surface area contributed by atoms with Gasteiger partial charge in [-0.2, -0.15) is 0 Å². The second-order valence-electron chi connectivity index (χ2n) is 2.53. The van der Waals surface area contributed by atoms with Crippen molar-refractivity contribution < 1.29 is 14.5 Å². The normalized spacial score (nSPS) is 9.80. The van der Waals surface area contributed by atoms with E-state index in [1.807, 2.05) is 0 Å². The van der Waals surface area contributed by atoms with Crippen LogP contribution < -0.4 is 0 Å². The van der Waals surface area contributed by atoms with E-state index in [-0.39, 0.29) is 15.7 Å². The zero-order chi connectivity index (χ0) is 11.6. The molecule has 15 heavy (non-hydrogen) atoms. The van der Waals surface area contributed by atoms with Gasteiger partial charge in [0.15, 0.2) is 0 Å². The van der Waals surface area contributed by atoms with Crippen LogP contribution in [0, 0.1) is 10.1 Å². The molecule has 0 heterocycles. The van der Waals surface area contributed by atoms with Crippen LogP contribution in [-0.4, -0.2) is 18.0 Å². The van der Waals surface area contributed by atoms with Crippen LogP contribution in [0.15, 0.2) is 21.1 Å². The van der Waals surface area contributed by atoms with Gasteiger partial charge < -0.3 is 4.74 Å². The average molecular weight is 339 g/mol. The molecule has 0 aliphatic heterocycles. The zero-order valence-electron chi connectivity index (χ0n) is 7.49. The van der Waals surface area contributed by atoms with Crippen LogP contribution in [0.4, 0.5) is 5.69 Å². The Labute approximate surface area is 102 Å². The highest BCUT2D eigenvalue weighted by molar-refractivity contribution is 9.11. The Hall–Kier alpha value is -0.950. The fourth-order valence-corrected chi connectivity index (χ4v) is 2.39. The van der Waals surface area contributed by atoms with Crippen LogP contribution >= 0.6 is 31.9 Å². The minimum Gasteiger partial charge on any atom is -0.465 e. The van der Waals surface area contributed by atoms with E-state index in [4.69, 9.17) is 0 Å². The van der Waals surface area contributed by atoms with Gasteiger partial charge in [0, 0.05) is 4.47 Å². The van der Waals surface area contributed by atoms with Crippen molar-refractivity contribution in [3.8, 4) is 0 Å². The second-order valence-corrected chi connectivity index (χ2v) is 4.30. The second kappa shape index (κ2) is 4.71. The minimum atomic E-state index is -0.747. The number of hydrogen-bond acceptors (Lipinski definition) is 4. The van der Waals surface area contributed by atoms with E-state index in [0.717, 1.165) is 0 Å². The number of halogens is 2. The molecule has 1 aromatic rings. The molecule has 0 saturated carbocycles. The third-order valence-corrected chi connectivity index (χ3v) is 2.68. The molecule has 0 unspecified atom stereocenters. The van der Waals surface area contributed by atoms with Crippen molar-refractivity contribution in [1.29, 1.82) is 0 Å². The number of nitro benzene ring substituents is 1. The fourth-order valence-electron chi connectivity index (χ4n) is 1.02. The molecule has 0 atom stereocenters. The quantitative estimate of drug-likeness (QED) is 0.472. The Bertz CT molecular complexity index is 433. The van der Waals surface area contributed by atoms with E-state index in [0.29, 0.717) is 4.47 Å². The largest absolute Gasteiger partial charge is 0.465 e. The summed E-state index contributed by atoms with van der Waals surface area (Å²) in [6.45, 7) is 0. The summed E-state index contributed by atoms with van der Waals surface area (Å²) in [5, 5.41) is 10.7. The Morgan fingerprint density at radius 1 is 1.47 bits per heavy atom. The zero-order valence-corrected chi connectivity index (χ0v) is 10.7. The molecule has 80 valence electrons. The van der Waals surface area contributed by atoms with E-state index in [9.17, 15) is 14.9 Å². The molecule has 0 spiro atoms. The summed E-state index contributed by atoms with van der Waals surface area (Å²) in [5.74, 6) is -0.747. The molecular formula is C8H5Br2NO4. The number of nitro groups is 1. The maximum Gasteiger partial charge on any atom is 0.344 e. The minimum absolute atomic E-state index is 0.0937. The molecule has 7 heteroatoms. The maximum atomic E-state index is 11.3. The van der Waals surface area contributed by atoms with Gasteiger partial charge in [0.25, 0.3) is 5.69 Å². The molecule has 1 rings (SSSR count). The number of benzene rings is 1. The van der Waals surface area contributed by atoms with Gasteiger partial charge in [0.05, 0.1) is 16.5 Å². The van der Waals surface area contributed by atoms with Gasteiger partial charge in [0.1, 0.15) is 5.56 Å². The number of ether oxygens (including phenoxy) is 1. The van der Waals surface area contributed by atoms with Gasteiger partial charge in [-0.3, -0.25) is 10.1 Å². The van der Waals surface area contributed by atoms with Crippen LogP contribution in [0.1, 0.15) is 10.4 Å². The molecule has 0 aliphatic carbocycles. The molecular weight excluding hydrogens is 334 g/mol. The molecule has 0 N–H and O–H groups in total. The Morgan fingerprint density at radius 2 is 2.07 bits per heavy atom. The van der Waals surface area contributed by atoms with Gasteiger partial charge in [0.2, 0.25) is 0 Å². The van der Waals surface area contributed by atoms with Crippen LogP contribution in [0.3, 0.4) is 0 Å². The van der Waals surface area contributed by atoms with Crippen molar-refractivity contribution in [3.05, 3.63) is 36.8 Å². The summed E-state index contributed by atoms with van der Waals surface area (Å²) >= 11 is 6.15. The first-order valence-corrected chi connectivity index (χ1v) is 5.27. The Morgan fingerprint density at radius 3 is 2.53 bits per heavy atom. The summed E-state index contributed by atoms with van der Waals surface area (Å²) in [7, 11) is 1.17. The van der Waals surface area contributed by atoms with Crippen LogP contribution in [0.2, 0.25) is 0 Å². The summed E-state index contributed by atoms with van der Waals surface area (Å²) in [6.07, 6.45) is 0. The highest BCUT2D eigenvalue weighted by atomic mass is 79.9. The Kier molecular flexibility index (Phi) is 3.81. The highest BCUT2D eigenvalue weighted by Crippen LogP contribution is 2.32. The summed E-state index contributed by atoms with van der Waals surface area (Å²) in [6, 6.07) is 2.83. The molecule has 0 aliphatic rings. The first kappa shape index (κ1) is 12.1. The van der Waals surface area contributed by atoms with E-state index in [1.54, 1.807) is 0 Å². The average Bonchev–Trinajstić information content (AvgIpc) is 2.14. The van der Waals surface area contributed by atoms with E-state index >= 15 is 0 Å². The standard InChI is InChI=1S/C8H5Br2NO4/c1-15-8(12)5-2-4(9)3-6(10)7(5)11(13)14/h2-3H,1H3. The highest BCUT2D eigenvalue weighted by Gasteiger charge is 2.24. The van der Waals surface area contributed by atoms with Crippen molar-refractivity contribution in [2.75, 3.05) is 7.11 Å². The molecule has 0 fully saturated rings. The molecule has 0 saturated heterocycles. The van der Waals surface area contributed by atoms with Gasteiger partial charge in [-0.25, -0.2) is 4.79 Å². The molecule has 0 radical (unpaired) electrons. The molecule has 1 aromatic carbocycles. The predicted molar refractivity (Wildman–Crippen MR) is 59.8 cm³/mol. The van der Waals surface area contributed by atoms with Gasteiger partial charge >= 0.3 is 5.97 Å². The number of carbonyl (C=O) groups is 1.